The first-order valence-electron chi connectivity index (χ1n) is 5.45. The van der Waals surface area contributed by atoms with Crippen LogP contribution in [0.3, 0.4) is 0 Å². The van der Waals surface area contributed by atoms with Gasteiger partial charge >= 0.3 is 10.1 Å². The van der Waals surface area contributed by atoms with Crippen molar-refractivity contribution in [2.24, 2.45) is 0 Å². The molecule has 0 amide bonds. The number of hydrogen-bond donors (Lipinski definition) is 0. The van der Waals surface area contributed by atoms with Gasteiger partial charge in [-0.15, -0.1) is 0 Å². The van der Waals surface area contributed by atoms with Crippen LogP contribution in [0.2, 0.25) is 10.0 Å². The minimum Gasteiger partial charge on any atom is -0.377 e. The van der Waals surface area contributed by atoms with Crippen LogP contribution in [-0.4, -0.2) is 13.3 Å². The first-order valence-corrected chi connectivity index (χ1v) is 7.61. The number of nitro benzene ring substituents is 1. The Morgan fingerprint density at radius 1 is 1.05 bits per heavy atom. The van der Waals surface area contributed by atoms with E-state index >= 15 is 0 Å². The molecule has 0 aliphatic heterocycles. The minimum atomic E-state index is -4.41. The van der Waals surface area contributed by atoms with E-state index in [0.717, 1.165) is 12.1 Å². The number of para-hydroxylation sites is 1. The molecule has 2 aromatic rings. The molecule has 9 heteroatoms. The summed E-state index contributed by atoms with van der Waals surface area (Å²) in [6.07, 6.45) is 0. The zero-order valence-electron chi connectivity index (χ0n) is 10.2. The Morgan fingerprint density at radius 3 is 2.38 bits per heavy atom. The summed E-state index contributed by atoms with van der Waals surface area (Å²) in [5, 5.41) is 10.9. The highest BCUT2D eigenvalue weighted by Crippen LogP contribution is 2.34. The third kappa shape index (κ3) is 3.26. The molecule has 0 radical (unpaired) electrons. The largest absolute Gasteiger partial charge is 0.377 e. The van der Waals surface area contributed by atoms with Crippen molar-refractivity contribution >= 4 is 39.0 Å². The van der Waals surface area contributed by atoms with Gasteiger partial charge in [0, 0.05) is 6.07 Å². The molecule has 2 aromatic carbocycles. The zero-order valence-corrected chi connectivity index (χ0v) is 12.5. The van der Waals surface area contributed by atoms with Gasteiger partial charge in [0.1, 0.15) is 5.02 Å². The molecular formula is C12H7Cl2NO5S. The van der Waals surface area contributed by atoms with Gasteiger partial charge in [-0.25, -0.2) is 0 Å². The second-order valence-corrected chi connectivity index (χ2v) is 6.11. The van der Waals surface area contributed by atoms with Gasteiger partial charge in [-0.2, -0.15) is 8.42 Å². The van der Waals surface area contributed by atoms with E-state index in [4.69, 9.17) is 27.4 Å². The highest BCUT2D eigenvalue weighted by atomic mass is 35.5. The highest BCUT2D eigenvalue weighted by Gasteiger charge is 2.28. The molecule has 0 saturated heterocycles. The van der Waals surface area contributed by atoms with E-state index in [1.54, 1.807) is 0 Å². The molecule has 110 valence electrons. The number of benzene rings is 2. The van der Waals surface area contributed by atoms with Gasteiger partial charge in [0.2, 0.25) is 0 Å². The average Bonchev–Trinajstić information content (AvgIpc) is 2.44. The van der Waals surface area contributed by atoms with Crippen molar-refractivity contribution in [1.29, 1.82) is 0 Å². The fourth-order valence-electron chi connectivity index (χ4n) is 1.53. The van der Waals surface area contributed by atoms with E-state index in [-0.39, 0.29) is 15.8 Å². The molecule has 0 heterocycles. The van der Waals surface area contributed by atoms with Crippen molar-refractivity contribution in [3.8, 4) is 5.75 Å². The van der Waals surface area contributed by atoms with Crippen molar-refractivity contribution in [2.75, 3.05) is 0 Å². The van der Waals surface area contributed by atoms with Gasteiger partial charge in [0.15, 0.2) is 10.6 Å². The van der Waals surface area contributed by atoms with E-state index in [1.807, 2.05) is 0 Å². The Balaban J connectivity index is 2.49. The topological polar surface area (TPSA) is 86.5 Å². The Kier molecular flexibility index (Phi) is 4.36. The van der Waals surface area contributed by atoms with Crippen LogP contribution in [0, 0.1) is 10.1 Å². The van der Waals surface area contributed by atoms with Gasteiger partial charge in [0.25, 0.3) is 5.69 Å². The van der Waals surface area contributed by atoms with Crippen LogP contribution in [0.25, 0.3) is 0 Å². The molecule has 0 saturated carbocycles. The third-order valence-corrected chi connectivity index (χ3v) is 4.53. The van der Waals surface area contributed by atoms with Crippen molar-refractivity contribution < 1.29 is 17.5 Å². The molecular weight excluding hydrogens is 341 g/mol. The molecule has 0 fully saturated rings. The molecule has 0 bridgehead atoms. The summed E-state index contributed by atoms with van der Waals surface area (Å²) in [5.41, 5.74) is -0.587. The molecule has 0 aliphatic rings. The van der Waals surface area contributed by atoms with Crippen LogP contribution < -0.4 is 4.18 Å². The smallest absolute Gasteiger partial charge is 0.346 e. The van der Waals surface area contributed by atoms with E-state index in [1.165, 1.54) is 30.3 Å². The van der Waals surface area contributed by atoms with Gasteiger partial charge in [-0.3, -0.25) is 10.1 Å². The van der Waals surface area contributed by atoms with Gasteiger partial charge in [-0.1, -0.05) is 41.4 Å². The lowest BCUT2D eigenvalue weighted by molar-refractivity contribution is -0.387. The number of nitrogens with zero attached hydrogens (tertiary/aromatic N) is 1. The molecule has 2 rings (SSSR count). The Hall–Kier alpha value is -1.83. The van der Waals surface area contributed by atoms with E-state index in [0.29, 0.717) is 0 Å². The lowest BCUT2D eigenvalue weighted by Crippen LogP contribution is -2.12. The summed E-state index contributed by atoms with van der Waals surface area (Å²) in [5.74, 6) is -0.206. The maximum atomic E-state index is 12.2. The summed E-state index contributed by atoms with van der Waals surface area (Å²) in [6.45, 7) is 0. The first-order chi connectivity index (χ1) is 9.83. The lowest BCUT2D eigenvalue weighted by Gasteiger charge is -2.09. The monoisotopic (exact) mass is 347 g/mol. The maximum absolute atomic E-state index is 12.2. The Bertz CT molecular complexity index is 807. The van der Waals surface area contributed by atoms with Crippen LogP contribution in [0.1, 0.15) is 0 Å². The zero-order chi connectivity index (χ0) is 15.6. The lowest BCUT2D eigenvalue weighted by atomic mass is 10.3. The average molecular weight is 348 g/mol. The maximum Gasteiger partial charge on any atom is 0.346 e. The van der Waals surface area contributed by atoms with Crippen LogP contribution in [0.4, 0.5) is 5.69 Å². The van der Waals surface area contributed by atoms with Crippen molar-refractivity contribution in [1.82, 2.24) is 0 Å². The highest BCUT2D eigenvalue weighted by molar-refractivity contribution is 7.87. The summed E-state index contributed by atoms with van der Waals surface area (Å²) in [7, 11) is -4.41. The molecule has 21 heavy (non-hydrogen) atoms. The van der Waals surface area contributed by atoms with E-state index in [2.05, 4.69) is 0 Å². The predicted octanol–water partition coefficient (Wildman–Crippen LogP) is 3.67. The normalized spacial score (nSPS) is 11.1. The molecule has 6 nitrogen and oxygen atoms in total. The number of hydrogen-bond acceptors (Lipinski definition) is 5. The standard InChI is InChI=1S/C12H7Cl2NO5S/c13-8-4-3-6-10(12(8)14)20-21(18,19)11-7-2-1-5-9(11)15(16)17/h1-7H. The van der Waals surface area contributed by atoms with Crippen LogP contribution in [0.5, 0.6) is 5.75 Å². The Labute approximate surface area is 130 Å². The molecule has 0 N–H and O–H groups in total. The first kappa shape index (κ1) is 15.6. The van der Waals surface area contributed by atoms with Crippen LogP contribution in [0.15, 0.2) is 47.4 Å². The van der Waals surface area contributed by atoms with Gasteiger partial charge in [-0.05, 0) is 18.2 Å². The molecule has 0 aliphatic carbocycles. The minimum absolute atomic E-state index is 0.0960. The number of halogens is 2. The fourth-order valence-corrected chi connectivity index (χ4v) is 3.02. The van der Waals surface area contributed by atoms with Crippen molar-refractivity contribution in [3.63, 3.8) is 0 Å². The quantitative estimate of drug-likeness (QED) is 0.478. The van der Waals surface area contributed by atoms with Crippen molar-refractivity contribution in [2.45, 2.75) is 4.90 Å². The molecule has 0 aromatic heterocycles. The van der Waals surface area contributed by atoms with Crippen LogP contribution in [-0.2, 0) is 10.1 Å². The summed E-state index contributed by atoms with van der Waals surface area (Å²) in [6, 6.07) is 9.03. The fraction of sp³-hybridized carbons (Fsp3) is 0. The Morgan fingerprint density at radius 2 is 1.71 bits per heavy atom. The molecule has 0 atom stereocenters. The molecule has 0 spiro atoms. The SMILES string of the molecule is O=[N+]([O-])c1ccccc1S(=O)(=O)Oc1cccc(Cl)c1Cl. The summed E-state index contributed by atoms with van der Waals surface area (Å²) < 4.78 is 29.2. The second kappa shape index (κ2) is 5.88. The van der Waals surface area contributed by atoms with E-state index in [9.17, 15) is 18.5 Å². The van der Waals surface area contributed by atoms with Gasteiger partial charge < -0.3 is 4.18 Å². The second-order valence-electron chi connectivity index (χ2n) is 3.81. The number of nitro groups is 1. The van der Waals surface area contributed by atoms with Crippen molar-refractivity contribution in [3.05, 3.63) is 62.6 Å². The molecule has 0 unspecified atom stereocenters. The van der Waals surface area contributed by atoms with Gasteiger partial charge in [0.05, 0.1) is 9.95 Å². The summed E-state index contributed by atoms with van der Waals surface area (Å²) in [4.78, 5) is 9.51. The number of rotatable bonds is 4. The summed E-state index contributed by atoms with van der Waals surface area (Å²) >= 11 is 11.6. The third-order valence-electron chi connectivity index (χ3n) is 2.45. The predicted molar refractivity (Wildman–Crippen MR) is 77.4 cm³/mol. The van der Waals surface area contributed by atoms with E-state index < -0.39 is 25.6 Å². The van der Waals surface area contributed by atoms with Crippen LogP contribution >= 0.6 is 23.2 Å².